The summed E-state index contributed by atoms with van der Waals surface area (Å²) in [5.74, 6) is -0.738. The lowest BCUT2D eigenvalue weighted by atomic mass is 10.1. The lowest BCUT2D eigenvalue weighted by Crippen LogP contribution is -2.42. The molecule has 1 saturated heterocycles. The summed E-state index contributed by atoms with van der Waals surface area (Å²) in [6.07, 6.45) is -1.28. The number of amides is 1. The van der Waals surface area contributed by atoms with Gasteiger partial charge < -0.3 is 20.9 Å². The van der Waals surface area contributed by atoms with E-state index >= 15 is 0 Å². The molecule has 2 rings (SSSR count). The van der Waals surface area contributed by atoms with Crippen molar-refractivity contribution in [2.45, 2.75) is 18.2 Å². The maximum Gasteiger partial charge on any atom is 0.251 e. The molecule has 1 heterocycles. The molecule has 1 aliphatic rings. The topological polar surface area (TPSA) is 84.6 Å². The molecule has 18 heavy (non-hydrogen) atoms. The second kappa shape index (κ2) is 5.43. The van der Waals surface area contributed by atoms with Crippen molar-refractivity contribution >= 4 is 5.91 Å². The first-order chi connectivity index (χ1) is 8.58. The summed E-state index contributed by atoms with van der Waals surface area (Å²) in [6, 6.07) is 4.79. The minimum atomic E-state index is -0.779. The highest BCUT2D eigenvalue weighted by atomic mass is 19.1. The molecule has 1 fully saturated rings. The van der Waals surface area contributed by atoms with Gasteiger partial charge in [-0.25, -0.2) is 4.39 Å². The van der Waals surface area contributed by atoms with Gasteiger partial charge >= 0.3 is 0 Å². The lowest BCUT2D eigenvalue weighted by molar-refractivity contribution is 0.0407. The second-order valence-electron chi connectivity index (χ2n) is 4.24. The Labute approximate surface area is 104 Å². The molecule has 1 aromatic rings. The average Bonchev–Trinajstić information content (AvgIpc) is 2.68. The van der Waals surface area contributed by atoms with Crippen LogP contribution in [0.1, 0.15) is 10.4 Å². The zero-order valence-electron chi connectivity index (χ0n) is 9.67. The minimum absolute atomic E-state index is 0.172. The Hall–Kier alpha value is -1.50. The molecule has 0 aliphatic carbocycles. The lowest BCUT2D eigenvalue weighted by Gasteiger charge is -2.15. The van der Waals surface area contributed by atoms with Crippen molar-refractivity contribution in [2.24, 2.45) is 5.73 Å². The van der Waals surface area contributed by atoms with E-state index in [0.29, 0.717) is 5.56 Å². The summed E-state index contributed by atoms with van der Waals surface area (Å²) in [5, 5.41) is 12.2. The van der Waals surface area contributed by atoms with Gasteiger partial charge in [0.2, 0.25) is 0 Å². The van der Waals surface area contributed by atoms with E-state index in [1.54, 1.807) is 0 Å². The van der Waals surface area contributed by atoms with Crippen LogP contribution >= 0.6 is 0 Å². The molecule has 6 heteroatoms. The predicted octanol–water partition coefficient (Wildman–Crippen LogP) is -0.358. The van der Waals surface area contributed by atoms with Crippen molar-refractivity contribution in [3.8, 4) is 0 Å². The SMILES string of the molecule is NC1COC(CNC(=O)c2ccc(F)cc2)C1O. The quantitative estimate of drug-likeness (QED) is 0.688. The first kappa shape index (κ1) is 12.9. The summed E-state index contributed by atoms with van der Waals surface area (Å²) in [7, 11) is 0. The summed E-state index contributed by atoms with van der Waals surface area (Å²) in [5.41, 5.74) is 5.93. The standard InChI is InChI=1S/C12H15FN2O3/c13-8-3-1-7(2-4-8)12(17)15-5-10-11(16)9(14)6-18-10/h1-4,9-11,16H,5-6,14H2,(H,15,17). The fourth-order valence-corrected chi connectivity index (χ4v) is 1.78. The number of hydrogen-bond donors (Lipinski definition) is 3. The van der Waals surface area contributed by atoms with Crippen molar-refractivity contribution in [1.82, 2.24) is 5.32 Å². The maximum atomic E-state index is 12.7. The Bertz CT molecular complexity index is 424. The number of benzene rings is 1. The maximum absolute atomic E-state index is 12.7. The number of ether oxygens (including phenoxy) is 1. The average molecular weight is 254 g/mol. The van der Waals surface area contributed by atoms with E-state index in [1.165, 1.54) is 24.3 Å². The van der Waals surface area contributed by atoms with Crippen LogP contribution in [0.15, 0.2) is 24.3 Å². The highest BCUT2D eigenvalue weighted by Crippen LogP contribution is 2.12. The molecular weight excluding hydrogens is 239 g/mol. The van der Waals surface area contributed by atoms with Crippen LogP contribution < -0.4 is 11.1 Å². The monoisotopic (exact) mass is 254 g/mol. The first-order valence-corrected chi connectivity index (χ1v) is 5.67. The molecule has 0 bridgehead atoms. The van der Waals surface area contributed by atoms with Crippen molar-refractivity contribution in [3.05, 3.63) is 35.6 Å². The van der Waals surface area contributed by atoms with Crippen molar-refractivity contribution in [3.63, 3.8) is 0 Å². The molecule has 98 valence electrons. The molecule has 5 nitrogen and oxygen atoms in total. The van der Waals surface area contributed by atoms with Crippen LogP contribution in [0.25, 0.3) is 0 Å². The van der Waals surface area contributed by atoms with Gasteiger partial charge in [0.25, 0.3) is 5.91 Å². The van der Waals surface area contributed by atoms with Gasteiger partial charge in [-0.15, -0.1) is 0 Å². The van der Waals surface area contributed by atoms with Crippen LogP contribution in [0, 0.1) is 5.82 Å². The Morgan fingerprint density at radius 3 is 2.72 bits per heavy atom. The Morgan fingerprint density at radius 1 is 1.50 bits per heavy atom. The number of hydrogen-bond acceptors (Lipinski definition) is 4. The molecule has 3 unspecified atom stereocenters. The van der Waals surface area contributed by atoms with Crippen LogP contribution in [-0.4, -0.2) is 42.4 Å². The summed E-state index contributed by atoms with van der Waals surface area (Å²) >= 11 is 0. The zero-order valence-corrected chi connectivity index (χ0v) is 9.67. The summed E-state index contributed by atoms with van der Waals surface area (Å²) in [6.45, 7) is 0.448. The third-order valence-corrected chi connectivity index (χ3v) is 2.89. The van der Waals surface area contributed by atoms with Crippen molar-refractivity contribution in [2.75, 3.05) is 13.2 Å². The van der Waals surface area contributed by atoms with Gasteiger partial charge in [0.15, 0.2) is 0 Å². The van der Waals surface area contributed by atoms with E-state index in [1.807, 2.05) is 0 Å². The Morgan fingerprint density at radius 2 is 2.17 bits per heavy atom. The van der Waals surface area contributed by atoms with Gasteiger partial charge in [-0.3, -0.25) is 4.79 Å². The van der Waals surface area contributed by atoms with Crippen LogP contribution in [-0.2, 0) is 4.74 Å². The van der Waals surface area contributed by atoms with Gasteiger partial charge in [-0.1, -0.05) is 0 Å². The first-order valence-electron chi connectivity index (χ1n) is 5.67. The van der Waals surface area contributed by atoms with E-state index in [0.717, 1.165) is 0 Å². The molecule has 1 aliphatic heterocycles. The molecule has 3 atom stereocenters. The van der Waals surface area contributed by atoms with Crippen LogP contribution in [0.4, 0.5) is 4.39 Å². The fourth-order valence-electron chi connectivity index (χ4n) is 1.78. The highest BCUT2D eigenvalue weighted by molar-refractivity contribution is 5.94. The van der Waals surface area contributed by atoms with Crippen LogP contribution in [0.2, 0.25) is 0 Å². The van der Waals surface area contributed by atoms with E-state index in [-0.39, 0.29) is 19.1 Å². The second-order valence-corrected chi connectivity index (χ2v) is 4.24. The van der Waals surface area contributed by atoms with E-state index in [2.05, 4.69) is 5.32 Å². The number of aliphatic hydroxyl groups excluding tert-OH is 1. The van der Waals surface area contributed by atoms with Crippen LogP contribution in [0.3, 0.4) is 0 Å². The van der Waals surface area contributed by atoms with Gasteiger partial charge in [0.1, 0.15) is 11.9 Å². The zero-order chi connectivity index (χ0) is 13.1. The predicted molar refractivity (Wildman–Crippen MR) is 62.5 cm³/mol. The van der Waals surface area contributed by atoms with E-state index < -0.39 is 24.1 Å². The molecule has 0 saturated carbocycles. The summed E-state index contributed by atoms with van der Waals surface area (Å²) < 4.78 is 17.9. The number of nitrogens with one attached hydrogen (secondary N) is 1. The minimum Gasteiger partial charge on any atom is -0.389 e. The van der Waals surface area contributed by atoms with Crippen LogP contribution in [0.5, 0.6) is 0 Å². The molecule has 4 N–H and O–H groups in total. The van der Waals surface area contributed by atoms with Gasteiger partial charge in [-0.05, 0) is 24.3 Å². The highest BCUT2D eigenvalue weighted by Gasteiger charge is 2.33. The Kier molecular flexibility index (Phi) is 3.90. The van der Waals surface area contributed by atoms with Crippen molar-refractivity contribution in [1.29, 1.82) is 0 Å². The summed E-state index contributed by atoms with van der Waals surface area (Å²) in [4.78, 5) is 11.7. The van der Waals surface area contributed by atoms with Gasteiger partial charge in [0, 0.05) is 12.1 Å². The Balaban J connectivity index is 1.87. The molecule has 1 aromatic carbocycles. The molecule has 1 amide bonds. The third-order valence-electron chi connectivity index (χ3n) is 2.89. The molecular formula is C12H15FN2O3. The fraction of sp³-hybridized carbons (Fsp3) is 0.417. The smallest absolute Gasteiger partial charge is 0.251 e. The van der Waals surface area contributed by atoms with E-state index in [9.17, 15) is 14.3 Å². The number of rotatable bonds is 3. The number of nitrogens with two attached hydrogens (primary N) is 1. The number of halogens is 1. The third kappa shape index (κ3) is 2.84. The number of carbonyl (C=O) groups excluding carboxylic acids is 1. The molecule has 0 radical (unpaired) electrons. The number of aliphatic hydroxyl groups is 1. The normalized spacial score (nSPS) is 27.2. The largest absolute Gasteiger partial charge is 0.389 e. The number of carbonyl (C=O) groups is 1. The van der Waals surface area contributed by atoms with Crippen molar-refractivity contribution < 1.29 is 19.0 Å². The van der Waals surface area contributed by atoms with Gasteiger partial charge in [-0.2, -0.15) is 0 Å². The molecule has 0 aromatic heterocycles. The molecule has 0 spiro atoms. The van der Waals surface area contributed by atoms with Gasteiger partial charge in [0.05, 0.1) is 18.8 Å². The van der Waals surface area contributed by atoms with E-state index in [4.69, 9.17) is 10.5 Å².